The molecule has 0 aromatic heterocycles. The highest BCUT2D eigenvalue weighted by atomic mass is 16.2. The third-order valence-electron chi connectivity index (χ3n) is 5.49. The lowest BCUT2D eigenvalue weighted by molar-refractivity contribution is -0.137. The van der Waals surface area contributed by atoms with Crippen LogP contribution in [0.2, 0.25) is 0 Å². The van der Waals surface area contributed by atoms with Gasteiger partial charge in [-0.1, -0.05) is 6.07 Å². The average Bonchev–Trinajstić information content (AvgIpc) is 3.24. The molecule has 1 unspecified atom stereocenters. The van der Waals surface area contributed by atoms with Gasteiger partial charge in [-0.05, 0) is 44.0 Å². The number of benzene rings is 1. The van der Waals surface area contributed by atoms with Crippen molar-refractivity contribution in [1.82, 2.24) is 15.5 Å². The summed E-state index contributed by atoms with van der Waals surface area (Å²) in [7, 11) is 0. The molecule has 3 N–H and O–H groups in total. The largest absolute Gasteiger partial charge is 0.326 e. The van der Waals surface area contributed by atoms with Crippen LogP contribution in [0.5, 0.6) is 0 Å². The van der Waals surface area contributed by atoms with Gasteiger partial charge >= 0.3 is 0 Å². The summed E-state index contributed by atoms with van der Waals surface area (Å²) in [6.45, 7) is 2.04. The van der Waals surface area contributed by atoms with Crippen LogP contribution < -0.4 is 16.0 Å². The molecule has 3 aliphatic rings. The maximum atomic E-state index is 12.8. The normalized spacial score (nSPS) is 24.7. The van der Waals surface area contributed by atoms with E-state index in [4.69, 9.17) is 0 Å². The Bertz CT molecular complexity index is 816. The van der Waals surface area contributed by atoms with E-state index in [1.165, 1.54) is 4.90 Å². The van der Waals surface area contributed by atoms with Crippen LogP contribution >= 0.6 is 0 Å². The molecule has 27 heavy (non-hydrogen) atoms. The first-order chi connectivity index (χ1) is 13.0. The van der Waals surface area contributed by atoms with E-state index < -0.39 is 11.9 Å². The quantitative estimate of drug-likeness (QED) is 0.665. The molecule has 0 radical (unpaired) electrons. The molecular weight excluding hydrogens is 348 g/mol. The van der Waals surface area contributed by atoms with E-state index in [-0.39, 0.29) is 30.7 Å². The van der Waals surface area contributed by atoms with Crippen LogP contribution in [0.4, 0.5) is 5.69 Å². The van der Waals surface area contributed by atoms with Crippen molar-refractivity contribution in [3.8, 4) is 0 Å². The molecule has 0 aliphatic carbocycles. The lowest BCUT2D eigenvalue weighted by Crippen LogP contribution is -2.52. The monoisotopic (exact) mass is 370 g/mol. The number of fused-ring (bicyclic) bond motifs is 1. The first-order valence-electron chi connectivity index (χ1n) is 9.30. The van der Waals surface area contributed by atoms with Crippen molar-refractivity contribution in [2.24, 2.45) is 5.92 Å². The second kappa shape index (κ2) is 7.11. The number of hydrogen-bond donors (Lipinski definition) is 3. The Morgan fingerprint density at radius 3 is 2.81 bits per heavy atom. The molecule has 4 rings (SSSR count). The fourth-order valence-corrected chi connectivity index (χ4v) is 4.05. The Kier molecular flexibility index (Phi) is 4.65. The molecule has 1 aromatic rings. The standard InChI is InChI=1S/C19H22N4O4/c24-16-5-4-15(18(26)22-16)23-10-13-12(19(23)27)2-1-3-14(13)21-17(25)8-11-6-7-20-9-11/h1-3,11,15,20H,4-10H2,(H,21,25)(H,22,24,26)/t11-,15?/m0/s1. The summed E-state index contributed by atoms with van der Waals surface area (Å²) in [5, 5.41) is 8.47. The summed E-state index contributed by atoms with van der Waals surface area (Å²) in [4.78, 5) is 50.2. The molecule has 0 bridgehead atoms. The van der Waals surface area contributed by atoms with Crippen LogP contribution in [0.15, 0.2) is 18.2 Å². The molecule has 0 spiro atoms. The fraction of sp³-hybridized carbons (Fsp3) is 0.474. The summed E-state index contributed by atoms with van der Waals surface area (Å²) < 4.78 is 0. The zero-order chi connectivity index (χ0) is 19.0. The van der Waals surface area contributed by atoms with E-state index >= 15 is 0 Å². The van der Waals surface area contributed by atoms with Crippen molar-refractivity contribution in [3.63, 3.8) is 0 Å². The van der Waals surface area contributed by atoms with Crippen LogP contribution in [0.1, 0.15) is 41.6 Å². The fourth-order valence-electron chi connectivity index (χ4n) is 4.05. The number of amides is 4. The molecule has 0 saturated carbocycles. The lowest BCUT2D eigenvalue weighted by atomic mass is 10.0. The maximum Gasteiger partial charge on any atom is 0.255 e. The van der Waals surface area contributed by atoms with Crippen LogP contribution in [0, 0.1) is 5.92 Å². The zero-order valence-corrected chi connectivity index (χ0v) is 14.9. The van der Waals surface area contributed by atoms with E-state index in [9.17, 15) is 19.2 Å². The Labute approximate surface area is 156 Å². The molecule has 4 amide bonds. The van der Waals surface area contributed by atoms with Crippen molar-refractivity contribution in [3.05, 3.63) is 29.3 Å². The summed E-state index contributed by atoms with van der Waals surface area (Å²) in [5.74, 6) is -0.718. The van der Waals surface area contributed by atoms with Gasteiger partial charge in [0.2, 0.25) is 17.7 Å². The highest BCUT2D eigenvalue weighted by Gasteiger charge is 2.40. The summed E-state index contributed by atoms with van der Waals surface area (Å²) in [5.41, 5.74) is 1.84. The average molecular weight is 370 g/mol. The maximum absolute atomic E-state index is 12.8. The molecule has 3 aliphatic heterocycles. The number of carbonyl (C=O) groups excluding carboxylic acids is 4. The number of hydrogen-bond acceptors (Lipinski definition) is 5. The van der Waals surface area contributed by atoms with Crippen LogP contribution in [-0.2, 0) is 20.9 Å². The highest BCUT2D eigenvalue weighted by Crippen LogP contribution is 2.32. The Morgan fingerprint density at radius 2 is 2.07 bits per heavy atom. The summed E-state index contributed by atoms with van der Waals surface area (Å²) in [6, 6.07) is 4.57. The second-order valence-corrected chi connectivity index (χ2v) is 7.34. The third-order valence-corrected chi connectivity index (χ3v) is 5.49. The number of imide groups is 1. The number of anilines is 1. The Morgan fingerprint density at radius 1 is 1.22 bits per heavy atom. The number of carbonyl (C=O) groups is 4. The van der Waals surface area contributed by atoms with Crippen molar-refractivity contribution in [2.75, 3.05) is 18.4 Å². The molecule has 142 valence electrons. The van der Waals surface area contributed by atoms with Gasteiger partial charge < -0.3 is 15.5 Å². The van der Waals surface area contributed by atoms with E-state index in [1.54, 1.807) is 18.2 Å². The summed E-state index contributed by atoms with van der Waals surface area (Å²) in [6.07, 6.45) is 1.97. The molecular formula is C19H22N4O4. The van der Waals surface area contributed by atoms with E-state index in [0.29, 0.717) is 30.0 Å². The molecule has 1 aromatic carbocycles. The number of rotatable bonds is 4. The predicted octanol–water partition coefficient (Wildman–Crippen LogP) is 0.386. The minimum atomic E-state index is -0.657. The van der Waals surface area contributed by atoms with Gasteiger partial charge in [-0.2, -0.15) is 0 Å². The van der Waals surface area contributed by atoms with E-state index in [0.717, 1.165) is 25.1 Å². The van der Waals surface area contributed by atoms with Crippen molar-refractivity contribution < 1.29 is 19.2 Å². The van der Waals surface area contributed by atoms with Gasteiger partial charge in [0.25, 0.3) is 5.91 Å². The SMILES string of the molecule is O=C1CCC(N2Cc3c(NC(=O)C[C@@H]4CCNC4)cccc3C2=O)C(=O)N1. The number of nitrogens with one attached hydrogen (secondary N) is 3. The van der Waals surface area contributed by atoms with Gasteiger partial charge in [-0.25, -0.2) is 0 Å². The molecule has 2 atom stereocenters. The molecule has 3 heterocycles. The molecule has 2 saturated heterocycles. The van der Waals surface area contributed by atoms with Crippen LogP contribution in [0.25, 0.3) is 0 Å². The Balaban J connectivity index is 1.49. The molecule has 8 nitrogen and oxygen atoms in total. The van der Waals surface area contributed by atoms with Crippen LogP contribution in [0.3, 0.4) is 0 Å². The minimum absolute atomic E-state index is 0.0657. The molecule has 2 fully saturated rings. The first-order valence-corrected chi connectivity index (χ1v) is 9.30. The van der Waals surface area contributed by atoms with Gasteiger partial charge in [-0.3, -0.25) is 24.5 Å². The first kappa shape index (κ1) is 17.7. The topological polar surface area (TPSA) is 108 Å². The second-order valence-electron chi connectivity index (χ2n) is 7.34. The van der Waals surface area contributed by atoms with Gasteiger partial charge in [0.15, 0.2) is 0 Å². The molecule has 8 heteroatoms. The van der Waals surface area contributed by atoms with Gasteiger partial charge in [0, 0.05) is 36.2 Å². The van der Waals surface area contributed by atoms with E-state index in [2.05, 4.69) is 16.0 Å². The lowest BCUT2D eigenvalue weighted by Gasteiger charge is -2.29. The minimum Gasteiger partial charge on any atom is -0.326 e. The van der Waals surface area contributed by atoms with Gasteiger partial charge in [-0.15, -0.1) is 0 Å². The predicted molar refractivity (Wildman–Crippen MR) is 96.7 cm³/mol. The van der Waals surface area contributed by atoms with Gasteiger partial charge in [0.1, 0.15) is 6.04 Å². The van der Waals surface area contributed by atoms with Crippen molar-refractivity contribution in [1.29, 1.82) is 0 Å². The zero-order valence-electron chi connectivity index (χ0n) is 14.9. The van der Waals surface area contributed by atoms with Crippen LogP contribution in [-0.4, -0.2) is 47.7 Å². The van der Waals surface area contributed by atoms with Crippen molar-refractivity contribution in [2.45, 2.75) is 38.3 Å². The smallest absolute Gasteiger partial charge is 0.255 e. The third kappa shape index (κ3) is 3.44. The highest BCUT2D eigenvalue weighted by molar-refractivity contribution is 6.06. The number of nitrogens with zero attached hydrogens (tertiary/aromatic N) is 1. The van der Waals surface area contributed by atoms with Crippen molar-refractivity contribution >= 4 is 29.3 Å². The summed E-state index contributed by atoms with van der Waals surface area (Å²) >= 11 is 0. The van der Waals surface area contributed by atoms with Gasteiger partial charge in [0.05, 0.1) is 0 Å². The van der Waals surface area contributed by atoms with E-state index in [1.807, 2.05) is 0 Å². The Hall–Kier alpha value is -2.74. The number of piperidine rings is 1.